The average Bonchev–Trinajstić information content (AvgIpc) is 2.92. The summed E-state index contributed by atoms with van der Waals surface area (Å²) in [7, 11) is 1.84. The largest absolute Gasteiger partial charge is 0.294 e. The summed E-state index contributed by atoms with van der Waals surface area (Å²) in [4.78, 5) is 12.4. The molecule has 0 atom stereocenters. The molecule has 5 nitrogen and oxygen atoms in total. The lowest BCUT2D eigenvalue weighted by molar-refractivity contribution is 0.0989. The summed E-state index contributed by atoms with van der Waals surface area (Å²) in [6.45, 7) is 6.77. The van der Waals surface area contributed by atoms with Gasteiger partial charge < -0.3 is 0 Å². The van der Waals surface area contributed by atoms with Crippen molar-refractivity contribution in [2.45, 2.75) is 40.2 Å². The lowest BCUT2D eigenvalue weighted by atomic mass is 10.1. The van der Waals surface area contributed by atoms with Crippen molar-refractivity contribution in [3.05, 3.63) is 34.9 Å². The summed E-state index contributed by atoms with van der Waals surface area (Å²) in [5.74, 6) is 0.111. The first kappa shape index (κ1) is 13.5. The molecule has 0 unspecified atom stereocenters. The molecule has 0 saturated heterocycles. The average molecular weight is 260 g/mol. The van der Waals surface area contributed by atoms with Crippen molar-refractivity contribution in [2.24, 2.45) is 7.05 Å². The number of aryl methyl sites for hydroxylation is 4. The van der Waals surface area contributed by atoms with Crippen LogP contribution in [0.3, 0.4) is 0 Å². The second-order valence-electron chi connectivity index (χ2n) is 4.71. The van der Waals surface area contributed by atoms with E-state index in [0.717, 1.165) is 35.6 Å². The van der Waals surface area contributed by atoms with Crippen LogP contribution < -0.4 is 0 Å². The van der Waals surface area contributed by atoms with Gasteiger partial charge in [0.15, 0.2) is 5.78 Å². The third-order valence-corrected chi connectivity index (χ3v) is 3.17. The number of Topliss-reactive ketones (excluding diaryl/α,β-unsaturated/α-hetero) is 1. The molecule has 2 rings (SSSR count). The van der Waals surface area contributed by atoms with Gasteiger partial charge in [-0.2, -0.15) is 10.2 Å². The number of hydrogen-bond acceptors (Lipinski definition) is 3. The van der Waals surface area contributed by atoms with Crippen LogP contribution in [0.4, 0.5) is 0 Å². The van der Waals surface area contributed by atoms with Crippen LogP contribution in [0, 0.1) is 6.92 Å². The minimum absolute atomic E-state index is 0.111. The molecule has 0 radical (unpaired) electrons. The molecule has 0 spiro atoms. The quantitative estimate of drug-likeness (QED) is 0.772. The van der Waals surface area contributed by atoms with Gasteiger partial charge in [0.05, 0.1) is 23.4 Å². The van der Waals surface area contributed by atoms with E-state index in [1.807, 2.05) is 38.6 Å². The molecule has 19 heavy (non-hydrogen) atoms. The van der Waals surface area contributed by atoms with Gasteiger partial charge in [-0.05, 0) is 26.3 Å². The molecule has 102 valence electrons. The maximum atomic E-state index is 12.4. The number of nitrogens with zero attached hydrogens (tertiary/aromatic N) is 4. The minimum Gasteiger partial charge on any atom is -0.294 e. The second kappa shape index (κ2) is 5.38. The van der Waals surface area contributed by atoms with Crippen molar-refractivity contribution < 1.29 is 4.79 Å². The summed E-state index contributed by atoms with van der Waals surface area (Å²) >= 11 is 0. The van der Waals surface area contributed by atoms with E-state index in [1.165, 1.54) is 0 Å². The van der Waals surface area contributed by atoms with Gasteiger partial charge in [-0.1, -0.05) is 6.92 Å². The maximum Gasteiger partial charge on any atom is 0.172 e. The SMILES string of the molecule is CCc1nn(C)cc1C(=O)Cc1cc(C)nn1CC. The van der Waals surface area contributed by atoms with Crippen LogP contribution in [-0.4, -0.2) is 25.3 Å². The third kappa shape index (κ3) is 2.75. The van der Waals surface area contributed by atoms with Gasteiger partial charge in [-0.25, -0.2) is 0 Å². The number of carbonyl (C=O) groups excluding carboxylic acids is 1. The topological polar surface area (TPSA) is 52.7 Å². The van der Waals surface area contributed by atoms with Crippen LogP contribution in [-0.2, 0) is 26.4 Å². The summed E-state index contributed by atoms with van der Waals surface area (Å²) in [5, 5.41) is 8.68. The Morgan fingerprint density at radius 1 is 1.32 bits per heavy atom. The predicted molar refractivity (Wildman–Crippen MR) is 73.3 cm³/mol. The van der Waals surface area contributed by atoms with Crippen LogP contribution in [0.2, 0.25) is 0 Å². The van der Waals surface area contributed by atoms with Crippen molar-refractivity contribution in [1.29, 1.82) is 0 Å². The second-order valence-corrected chi connectivity index (χ2v) is 4.71. The van der Waals surface area contributed by atoms with E-state index in [9.17, 15) is 4.79 Å². The molecule has 0 saturated carbocycles. The fraction of sp³-hybridized carbons (Fsp3) is 0.500. The van der Waals surface area contributed by atoms with Crippen molar-refractivity contribution in [3.63, 3.8) is 0 Å². The molecule has 0 bridgehead atoms. The van der Waals surface area contributed by atoms with E-state index in [0.29, 0.717) is 6.42 Å². The standard InChI is InChI=1S/C14H20N4O/c1-5-13-12(9-17(4)16-13)14(19)8-11-7-10(3)15-18(11)6-2/h7,9H,5-6,8H2,1-4H3. The maximum absolute atomic E-state index is 12.4. The molecular formula is C14H20N4O. The molecule has 2 heterocycles. The highest BCUT2D eigenvalue weighted by Crippen LogP contribution is 2.13. The van der Waals surface area contributed by atoms with Crippen LogP contribution >= 0.6 is 0 Å². The Bertz CT molecular complexity index is 595. The monoisotopic (exact) mass is 260 g/mol. The first-order valence-electron chi connectivity index (χ1n) is 6.64. The summed E-state index contributed by atoms with van der Waals surface area (Å²) in [6, 6.07) is 1.98. The van der Waals surface area contributed by atoms with Crippen LogP contribution in [0.1, 0.15) is 41.3 Å². The fourth-order valence-corrected chi connectivity index (χ4v) is 2.30. The van der Waals surface area contributed by atoms with E-state index in [1.54, 1.807) is 10.9 Å². The molecule has 0 N–H and O–H groups in total. The lowest BCUT2D eigenvalue weighted by Crippen LogP contribution is -2.10. The van der Waals surface area contributed by atoms with Gasteiger partial charge in [0.1, 0.15) is 0 Å². The zero-order valence-electron chi connectivity index (χ0n) is 12.0. The Hall–Kier alpha value is -1.91. The molecule has 0 aliphatic heterocycles. The van der Waals surface area contributed by atoms with Crippen molar-refractivity contribution in [3.8, 4) is 0 Å². The highest BCUT2D eigenvalue weighted by atomic mass is 16.1. The Kier molecular flexibility index (Phi) is 3.83. The zero-order valence-corrected chi connectivity index (χ0v) is 12.0. The van der Waals surface area contributed by atoms with Gasteiger partial charge in [0, 0.05) is 25.5 Å². The normalized spacial score (nSPS) is 10.9. The van der Waals surface area contributed by atoms with Crippen LogP contribution in [0.25, 0.3) is 0 Å². The van der Waals surface area contributed by atoms with E-state index in [4.69, 9.17) is 0 Å². The zero-order chi connectivity index (χ0) is 14.0. The summed E-state index contributed by atoms with van der Waals surface area (Å²) in [6.07, 6.45) is 2.96. The molecule has 2 aromatic rings. The van der Waals surface area contributed by atoms with Crippen LogP contribution in [0.5, 0.6) is 0 Å². The van der Waals surface area contributed by atoms with E-state index >= 15 is 0 Å². The first-order valence-corrected chi connectivity index (χ1v) is 6.64. The van der Waals surface area contributed by atoms with Crippen LogP contribution in [0.15, 0.2) is 12.3 Å². The molecule has 0 amide bonds. The summed E-state index contributed by atoms with van der Waals surface area (Å²) < 4.78 is 3.59. The Labute approximate surface area is 113 Å². The van der Waals surface area contributed by atoms with Crippen molar-refractivity contribution in [2.75, 3.05) is 0 Å². The minimum atomic E-state index is 0.111. The summed E-state index contributed by atoms with van der Waals surface area (Å²) in [5.41, 5.74) is 3.51. The molecule has 0 aliphatic carbocycles. The lowest BCUT2D eigenvalue weighted by Gasteiger charge is -2.03. The Morgan fingerprint density at radius 3 is 2.68 bits per heavy atom. The van der Waals surface area contributed by atoms with Gasteiger partial charge in [0.2, 0.25) is 0 Å². The Morgan fingerprint density at radius 2 is 2.05 bits per heavy atom. The number of rotatable bonds is 5. The molecule has 2 aromatic heterocycles. The molecule has 0 aromatic carbocycles. The molecule has 0 aliphatic rings. The van der Waals surface area contributed by atoms with Crippen molar-refractivity contribution in [1.82, 2.24) is 19.6 Å². The van der Waals surface area contributed by atoms with E-state index in [2.05, 4.69) is 10.2 Å². The number of ketones is 1. The highest BCUT2D eigenvalue weighted by Gasteiger charge is 2.17. The smallest absolute Gasteiger partial charge is 0.172 e. The first-order chi connectivity index (χ1) is 9.05. The van der Waals surface area contributed by atoms with E-state index in [-0.39, 0.29) is 5.78 Å². The number of carbonyl (C=O) groups is 1. The van der Waals surface area contributed by atoms with E-state index < -0.39 is 0 Å². The third-order valence-electron chi connectivity index (χ3n) is 3.17. The fourth-order valence-electron chi connectivity index (χ4n) is 2.30. The van der Waals surface area contributed by atoms with Crippen molar-refractivity contribution >= 4 is 5.78 Å². The Balaban J connectivity index is 2.25. The van der Waals surface area contributed by atoms with Gasteiger partial charge in [0.25, 0.3) is 0 Å². The van der Waals surface area contributed by atoms with Gasteiger partial charge in [-0.3, -0.25) is 14.2 Å². The van der Waals surface area contributed by atoms with Gasteiger partial charge >= 0.3 is 0 Å². The molecule has 5 heteroatoms. The number of aromatic nitrogens is 4. The van der Waals surface area contributed by atoms with Gasteiger partial charge in [-0.15, -0.1) is 0 Å². The molecular weight excluding hydrogens is 240 g/mol. The number of hydrogen-bond donors (Lipinski definition) is 0. The highest BCUT2D eigenvalue weighted by molar-refractivity contribution is 5.98. The molecule has 0 fully saturated rings. The predicted octanol–water partition coefficient (Wildman–Crippen LogP) is 1.93.